The summed E-state index contributed by atoms with van der Waals surface area (Å²) >= 11 is 0. The van der Waals surface area contributed by atoms with Crippen LogP contribution < -0.4 is 5.73 Å². The molecule has 17 heavy (non-hydrogen) atoms. The van der Waals surface area contributed by atoms with E-state index in [1.807, 2.05) is 35.2 Å². The molecule has 0 saturated carbocycles. The third-order valence-electron chi connectivity index (χ3n) is 3.28. The van der Waals surface area contributed by atoms with Crippen molar-refractivity contribution in [1.29, 1.82) is 0 Å². The fourth-order valence-corrected chi connectivity index (χ4v) is 2.37. The summed E-state index contributed by atoms with van der Waals surface area (Å²) in [7, 11) is 0. The number of benzene rings is 1. The van der Waals surface area contributed by atoms with E-state index in [9.17, 15) is 9.90 Å². The first kappa shape index (κ1) is 12.1. The maximum absolute atomic E-state index is 11.2. The third kappa shape index (κ3) is 2.84. The van der Waals surface area contributed by atoms with Crippen LogP contribution in [-0.2, 0) is 4.79 Å². The number of carbonyl (C=O) groups excluding carboxylic acids is 1. The average Bonchev–Trinajstić information content (AvgIpc) is 2.78. The second-order valence-electron chi connectivity index (χ2n) is 4.48. The SMILES string of the molecule is NC(=O)C1CCCN1CC(O)c1ccccc1. The Labute approximate surface area is 101 Å². The van der Waals surface area contributed by atoms with E-state index in [0.29, 0.717) is 6.54 Å². The minimum absolute atomic E-state index is 0.214. The van der Waals surface area contributed by atoms with Crippen molar-refractivity contribution in [2.45, 2.75) is 25.0 Å². The number of hydrogen-bond acceptors (Lipinski definition) is 3. The summed E-state index contributed by atoms with van der Waals surface area (Å²) in [5.74, 6) is -0.289. The van der Waals surface area contributed by atoms with Gasteiger partial charge in [0.2, 0.25) is 5.91 Å². The standard InChI is InChI=1S/C13H18N2O2/c14-13(17)11-7-4-8-15(11)9-12(16)10-5-2-1-3-6-10/h1-3,5-6,11-12,16H,4,7-9H2,(H2,14,17). The van der Waals surface area contributed by atoms with Crippen LogP contribution in [0.25, 0.3) is 0 Å². The normalized spacial score (nSPS) is 22.5. The summed E-state index contributed by atoms with van der Waals surface area (Å²) in [6, 6.07) is 9.27. The lowest BCUT2D eigenvalue weighted by atomic mass is 10.1. The Hall–Kier alpha value is -1.39. The van der Waals surface area contributed by atoms with Gasteiger partial charge in [-0.15, -0.1) is 0 Å². The fourth-order valence-electron chi connectivity index (χ4n) is 2.37. The second-order valence-corrected chi connectivity index (χ2v) is 4.48. The molecule has 1 aliphatic rings. The number of primary amides is 1. The van der Waals surface area contributed by atoms with Crippen molar-refractivity contribution in [3.8, 4) is 0 Å². The molecule has 2 rings (SSSR count). The Bertz CT molecular complexity index is 380. The van der Waals surface area contributed by atoms with Crippen LogP contribution in [0.1, 0.15) is 24.5 Å². The maximum atomic E-state index is 11.2. The van der Waals surface area contributed by atoms with Gasteiger partial charge in [0.05, 0.1) is 12.1 Å². The maximum Gasteiger partial charge on any atom is 0.234 e. The van der Waals surface area contributed by atoms with Crippen molar-refractivity contribution in [2.24, 2.45) is 5.73 Å². The smallest absolute Gasteiger partial charge is 0.234 e. The van der Waals surface area contributed by atoms with Crippen LogP contribution in [0.4, 0.5) is 0 Å². The number of likely N-dealkylation sites (tertiary alicyclic amines) is 1. The molecule has 1 aromatic rings. The van der Waals surface area contributed by atoms with Crippen LogP contribution >= 0.6 is 0 Å². The first-order valence-corrected chi connectivity index (χ1v) is 5.95. The predicted molar refractivity (Wildman–Crippen MR) is 65.2 cm³/mol. The van der Waals surface area contributed by atoms with Crippen molar-refractivity contribution in [3.63, 3.8) is 0 Å². The van der Waals surface area contributed by atoms with E-state index in [1.165, 1.54) is 0 Å². The largest absolute Gasteiger partial charge is 0.387 e. The molecule has 4 heteroatoms. The molecule has 1 amide bonds. The van der Waals surface area contributed by atoms with Crippen LogP contribution in [0.5, 0.6) is 0 Å². The van der Waals surface area contributed by atoms with Crippen LogP contribution in [0.2, 0.25) is 0 Å². The summed E-state index contributed by atoms with van der Waals surface area (Å²) in [4.78, 5) is 13.2. The van der Waals surface area contributed by atoms with E-state index in [0.717, 1.165) is 24.9 Å². The summed E-state index contributed by atoms with van der Waals surface area (Å²) in [6.07, 6.45) is 1.21. The molecule has 1 fully saturated rings. The number of nitrogens with two attached hydrogens (primary N) is 1. The van der Waals surface area contributed by atoms with E-state index in [1.54, 1.807) is 0 Å². The first-order chi connectivity index (χ1) is 8.18. The highest BCUT2D eigenvalue weighted by molar-refractivity contribution is 5.80. The Kier molecular flexibility index (Phi) is 3.76. The zero-order valence-corrected chi connectivity index (χ0v) is 9.75. The molecule has 92 valence electrons. The van der Waals surface area contributed by atoms with E-state index >= 15 is 0 Å². The van der Waals surface area contributed by atoms with Crippen molar-refractivity contribution >= 4 is 5.91 Å². The van der Waals surface area contributed by atoms with Gasteiger partial charge in [0.15, 0.2) is 0 Å². The average molecular weight is 234 g/mol. The molecular formula is C13H18N2O2. The van der Waals surface area contributed by atoms with Crippen molar-refractivity contribution in [1.82, 2.24) is 4.90 Å². The molecule has 3 N–H and O–H groups in total. The number of β-amino-alcohol motifs (C(OH)–C–C–N with tert-alkyl or cyclic N) is 1. The lowest BCUT2D eigenvalue weighted by Crippen LogP contribution is -2.42. The summed E-state index contributed by atoms with van der Waals surface area (Å²) in [5, 5.41) is 10.1. The highest BCUT2D eigenvalue weighted by Crippen LogP contribution is 2.21. The molecule has 0 radical (unpaired) electrons. The van der Waals surface area contributed by atoms with Crippen LogP contribution in [0, 0.1) is 0 Å². The Morgan fingerprint density at radius 3 is 2.82 bits per heavy atom. The Morgan fingerprint density at radius 1 is 1.47 bits per heavy atom. The second kappa shape index (κ2) is 5.29. The number of amides is 1. The van der Waals surface area contributed by atoms with Gasteiger partial charge in [0.1, 0.15) is 0 Å². The quantitative estimate of drug-likeness (QED) is 0.804. The van der Waals surface area contributed by atoms with Crippen molar-refractivity contribution in [2.75, 3.05) is 13.1 Å². The van der Waals surface area contributed by atoms with Crippen LogP contribution in [0.3, 0.4) is 0 Å². The van der Waals surface area contributed by atoms with Gasteiger partial charge in [-0.3, -0.25) is 9.69 Å². The van der Waals surface area contributed by atoms with Gasteiger partial charge < -0.3 is 10.8 Å². The van der Waals surface area contributed by atoms with Crippen LogP contribution in [-0.4, -0.2) is 35.0 Å². The zero-order valence-electron chi connectivity index (χ0n) is 9.75. The van der Waals surface area contributed by atoms with Gasteiger partial charge in [-0.05, 0) is 24.9 Å². The molecule has 1 aromatic carbocycles. The van der Waals surface area contributed by atoms with Crippen molar-refractivity contribution < 1.29 is 9.90 Å². The summed E-state index contributed by atoms with van der Waals surface area (Å²) in [5.41, 5.74) is 6.22. The summed E-state index contributed by atoms with van der Waals surface area (Å²) < 4.78 is 0. The molecule has 1 aliphatic heterocycles. The van der Waals surface area contributed by atoms with Gasteiger partial charge in [-0.25, -0.2) is 0 Å². The Balaban J connectivity index is 1.99. The monoisotopic (exact) mass is 234 g/mol. The van der Waals surface area contributed by atoms with E-state index < -0.39 is 6.10 Å². The molecule has 1 saturated heterocycles. The van der Waals surface area contributed by atoms with Crippen molar-refractivity contribution in [3.05, 3.63) is 35.9 Å². The molecule has 0 aliphatic carbocycles. The number of aliphatic hydroxyl groups is 1. The van der Waals surface area contributed by atoms with E-state index in [2.05, 4.69) is 0 Å². The minimum atomic E-state index is -0.559. The molecule has 0 spiro atoms. The molecule has 4 nitrogen and oxygen atoms in total. The van der Waals surface area contributed by atoms with Gasteiger partial charge in [-0.1, -0.05) is 30.3 Å². The van der Waals surface area contributed by atoms with E-state index in [-0.39, 0.29) is 11.9 Å². The lowest BCUT2D eigenvalue weighted by molar-refractivity contribution is -0.122. The van der Waals surface area contributed by atoms with Gasteiger partial charge in [0, 0.05) is 6.54 Å². The van der Waals surface area contributed by atoms with Crippen LogP contribution in [0.15, 0.2) is 30.3 Å². The number of aliphatic hydroxyl groups excluding tert-OH is 1. The number of nitrogens with zero attached hydrogens (tertiary/aromatic N) is 1. The van der Waals surface area contributed by atoms with Gasteiger partial charge in [-0.2, -0.15) is 0 Å². The molecule has 2 unspecified atom stereocenters. The highest BCUT2D eigenvalue weighted by atomic mass is 16.3. The topological polar surface area (TPSA) is 66.6 Å². The fraction of sp³-hybridized carbons (Fsp3) is 0.462. The number of hydrogen-bond donors (Lipinski definition) is 2. The zero-order chi connectivity index (χ0) is 12.3. The molecular weight excluding hydrogens is 216 g/mol. The third-order valence-corrected chi connectivity index (χ3v) is 3.28. The van der Waals surface area contributed by atoms with Gasteiger partial charge >= 0.3 is 0 Å². The molecule has 0 aromatic heterocycles. The first-order valence-electron chi connectivity index (χ1n) is 5.95. The predicted octanol–water partition coefficient (Wildman–Crippen LogP) is 0.670. The molecule has 1 heterocycles. The molecule has 2 atom stereocenters. The Morgan fingerprint density at radius 2 is 2.18 bits per heavy atom. The molecule has 0 bridgehead atoms. The highest BCUT2D eigenvalue weighted by Gasteiger charge is 2.30. The number of carbonyl (C=O) groups is 1. The van der Waals surface area contributed by atoms with Gasteiger partial charge in [0.25, 0.3) is 0 Å². The summed E-state index contributed by atoms with van der Waals surface area (Å²) in [6.45, 7) is 1.30. The minimum Gasteiger partial charge on any atom is -0.387 e. The van der Waals surface area contributed by atoms with E-state index in [4.69, 9.17) is 5.73 Å². The lowest BCUT2D eigenvalue weighted by Gasteiger charge is -2.24. The number of rotatable bonds is 4.